The number of para-hydroxylation sites is 1. The molecule has 0 atom stereocenters. The molecule has 2 fully saturated rings. The van der Waals surface area contributed by atoms with Gasteiger partial charge in [-0.25, -0.2) is 4.79 Å². The number of nitrogens with one attached hydrogen (secondary N) is 1. The summed E-state index contributed by atoms with van der Waals surface area (Å²) in [6, 6.07) is 29.1. The Kier molecular flexibility index (Phi) is 11.7. The zero-order chi connectivity index (χ0) is 29.7. The molecule has 2 aliphatic heterocycles. The molecule has 2 saturated heterocycles. The van der Waals surface area contributed by atoms with Crippen molar-refractivity contribution in [1.29, 1.82) is 0 Å². The SMILES string of the molecule is CC1(OC(=O)Nc2ccccc2-c2ccccc2)CCN(CCCCCCCCN2CCC(c3ccccc3)CC2)CC1. The van der Waals surface area contributed by atoms with Crippen molar-refractivity contribution < 1.29 is 9.53 Å². The minimum atomic E-state index is -0.418. The van der Waals surface area contributed by atoms with Crippen LogP contribution in [0.15, 0.2) is 84.9 Å². The maximum atomic E-state index is 12.9. The molecule has 5 heteroatoms. The lowest BCUT2D eigenvalue weighted by molar-refractivity contribution is -0.0163. The largest absolute Gasteiger partial charge is 0.443 e. The molecule has 0 saturated carbocycles. The Morgan fingerprint density at radius 3 is 1.91 bits per heavy atom. The number of piperidine rings is 2. The van der Waals surface area contributed by atoms with Gasteiger partial charge in [0.2, 0.25) is 0 Å². The van der Waals surface area contributed by atoms with Crippen LogP contribution in [0.2, 0.25) is 0 Å². The molecule has 0 unspecified atom stereocenters. The van der Waals surface area contributed by atoms with Gasteiger partial charge in [-0.15, -0.1) is 0 Å². The zero-order valence-electron chi connectivity index (χ0n) is 26.2. The van der Waals surface area contributed by atoms with E-state index in [-0.39, 0.29) is 6.09 Å². The average molecular weight is 582 g/mol. The fraction of sp³-hybridized carbons (Fsp3) is 0.500. The molecule has 0 aliphatic carbocycles. The van der Waals surface area contributed by atoms with E-state index in [1.807, 2.05) is 42.5 Å². The second-order valence-corrected chi connectivity index (χ2v) is 12.9. The second-order valence-electron chi connectivity index (χ2n) is 12.9. The molecule has 1 N–H and O–H groups in total. The lowest BCUT2D eigenvalue weighted by Gasteiger charge is -2.38. The highest BCUT2D eigenvalue weighted by molar-refractivity contribution is 5.91. The van der Waals surface area contributed by atoms with E-state index in [2.05, 4.69) is 64.5 Å². The summed E-state index contributed by atoms with van der Waals surface area (Å²) in [6.07, 6.45) is 12.0. The predicted molar refractivity (Wildman–Crippen MR) is 179 cm³/mol. The lowest BCUT2D eigenvalue weighted by Crippen LogP contribution is -2.46. The van der Waals surface area contributed by atoms with Crippen LogP contribution in [0.25, 0.3) is 11.1 Å². The molecule has 0 aromatic heterocycles. The molecule has 2 aliphatic rings. The van der Waals surface area contributed by atoms with E-state index in [4.69, 9.17) is 4.74 Å². The monoisotopic (exact) mass is 581 g/mol. The normalized spacial score (nSPS) is 17.9. The Hall–Kier alpha value is -3.15. The van der Waals surface area contributed by atoms with Crippen molar-refractivity contribution in [1.82, 2.24) is 9.80 Å². The highest BCUT2D eigenvalue weighted by Crippen LogP contribution is 2.31. The van der Waals surface area contributed by atoms with Crippen LogP contribution in [-0.4, -0.2) is 60.8 Å². The number of likely N-dealkylation sites (tertiary alicyclic amines) is 2. The van der Waals surface area contributed by atoms with Crippen LogP contribution in [0.1, 0.15) is 82.6 Å². The molecular weight excluding hydrogens is 530 g/mol. The standard InChI is InChI=1S/C38H51N3O2/c1-38(43-37(42)39-36-21-13-12-20-35(36)34-18-10-7-11-19-34)24-30-41(31-25-38)27-15-5-3-2-4-14-26-40-28-22-33(23-29-40)32-16-8-6-9-17-32/h6-13,16-21,33H,2-5,14-15,22-31H2,1H3,(H,39,42). The van der Waals surface area contributed by atoms with Crippen LogP contribution in [0.3, 0.4) is 0 Å². The van der Waals surface area contributed by atoms with Gasteiger partial charge in [0.05, 0.1) is 5.69 Å². The number of carbonyl (C=O) groups excluding carboxylic acids is 1. The first-order valence-corrected chi connectivity index (χ1v) is 16.7. The number of rotatable bonds is 13. The highest BCUT2D eigenvalue weighted by atomic mass is 16.6. The Bertz CT molecular complexity index is 1230. The quantitative estimate of drug-likeness (QED) is 0.205. The van der Waals surface area contributed by atoms with Gasteiger partial charge < -0.3 is 14.5 Å². The molecule has 3 aromatic rings. The second kappa shape index (κ2) is 16.1. The molecule has 230 valence electrons. The van der Waals surface area contributed by atoms with Gasteiger partial charge in [-0.3, -0.25) is 5.32 Å². The number of nitrogens with zero attached hydrogens (tertiary/aromatic N) is 2. The number of hydrogen-bond acceptors (Lipinski definition) is 4. The van der Waals surface area contributed by atoms with Gasteiger partial charge in [0.1, 0.15) is 5.60 Å². The van der Waals surface area contributed by atoms with Gasteiger partial charge in [-0.2, -0.15) is 0 Å². The van der Waals surface area contributed by atoms with Crippen molar-refractivity contribution in [3.8, 4) is 11.1 Å². The fourth-order valence-electron chi connectivity index (χ4n) is 6.77. The van der Waals surface area contributed by atoms with Crippen LogP contribution in [0.5, 0.6) is 0 Å². The van der Waals surface area contributed by atoms with Crippen LogP contribution >= 0.6 is 0 Å². The number of hydrogen-bond donors (Lipinski definition) is 1. The van der Waals surface area contributed by atoms with Crippen molar-refractivity contribution in [2.24, 2.45) is 0 Å². The van der Waals surface area contributed by atoms with Gasteiger partial charge >= 0.3 is 6.09 Å². The van der Waals surface area contributed by atoms with Crippen molar-refractivity contribution in [3.05, 3.63) is 90.5 Å². The van der Waals surface area contributed by atoms with Crippen molar-refractivity contribution in [3.63, 3.8) is 0 Å². The summed E-state index contributed by atoms with van der Waals surface area (Å²) >= 11 is 0. The van der Waals surface area contributed by atoms with Gasteiger partial charge in [0.15, 0.2) is 0 Å². The Balaban J connectivity index is 0.903. The fourth-order valence-corrected chi connectivity index (χ4v) is 6.77. The molecule has 5 rings (SSSR count). The first-order chi connectivity index (χ1) is 21.1. The smallest absolute Gasteiger partial charge is 0.412 e. The van der Waals surface area contributed by atoms with Gasteiger partial charge in [0.25, 0.3) is 0 Å². The van der Waals surface area contributed by atoms with Gasteiger partial charge in [0, 0.05) is 18.7 Å². The summed E-state index contributed by atoms with van der Waals surface area (Å²) in [5, 5.41) is 3.00. The molecule has 1 amide bonds. The molecule has 5 nitrogen and oxygen atoms in total. The summed E-state index contributed by atoms with van der Waals surface area (Å²) in [5.74, 6) is 0.756. The molecule has 2 heterocycles. The summed E-state index contributed by atoms with van der Waals surface area (Å²) in [7, 11) is 0. The van der Waals surface area contributed by atoms with E-state index in [9.17, 15) is 4.79 Å². The van der Waals surface area contributed by atoms with E-state index in [0.29, 0.717) is 0 Å². The Labute approximate surface area is 259 Å². The first kappa shape index (κ1) is 31.3. The summed E-state index contributed by atoms with van der Waals surface area (Å²) in [4.78, 5) is 18.1. The van der Waals surface area contributed by atoms with E-state index in [1.165, 1.54) is 76.6 Å². The maximum absolute atomic E-state index is 12.9. The third-order valence-electron chi connectivity index (χ3n) is 9.56. The van der Waals surface area contributed by atoms with Crippen molar-refractivity contribution in [2.75, 3.05) is 44.6 Å². The minimum Gasteiger partial charge on any atom is -0.443 e. The lowest BCUT2D eigenvalue weighted by atomic mass is 9.89. The zero-order valence-corrected chi connectivity index (χ0v) is 26.2. The molecular formula is C38H51N3O2. The van der Waals surface area contributed by atoms with Crippen molar-refractivity contribution in [2.45, 2.75) is 82.7 Å². The molecule has 0 radical (unpaired) electrons. The van der Waals surface area contributed by atoms with E-state index in [1.54, 1.807) is 0 Å². The van der Waals surface area contributed by atoms with Crippen molar-refractivity contribution >= 4 is 11.8 Å². The molecule has 0 spiro atoms. The van der Waals surface area contributed by atoms with Gasteiger partial charge in [-0.05, 0) is 94.7 Å². The van der Waals surface area contributed by atoms with Gasteiger partial charge in [-0.1, -0.05) is 105 Å². The van der Waals surface area contributed by atoms with Crippen LogP contribution in [0, 0.1) is 0 Å². The van der Waals surface area contributed by atoms with E-state index < -0.39 is 5.60 Å². The summed E-state index contributed by atoms with van der Waals surface area (Å²) in [5.41, 5.74) is 3.97. The third-order valence-corrected chi connectivity index (χ3v) is 9.56. The topological polar surface area (TPSA) is 44.8 Å². The maximum Gasteiger partial charge on any atom is 0.412 e. The summed E-state index contributed by atoms with van der Waals surface area (Å²) < 4.78 is 5.99. The Morgan fingerprint density at radius 2 is 1.26 bits per heavy atom. The average Bonchev–Trinajstić information content (AvgIpc) is 3.04. The molecule has 0 bridgehead atoms. The summed E-state index contributed by atoms with van der Waals surface area (Å²) in [6.45, 7) is 9.00. The first-order valence-electron chi connectivity index (χ1n) is 16.7. The minimum absolute atomic E-state index is 0.365. The van der Waals surface area contributed by atoms with Crippen LogP contribution < -0.4 is 5.32 Å². The molecule has 43 heavy (non-hydrogen) atoms. The number of unbranched alkanes of at least 4 members (excludes halogenated alkanes) is 5. The highest BCUT2D eigenvalue weighted by Gasteiger charge is 2.33. The number of amides is 1. The predicted octanol–water partition coefficient (Wildman–Crippen LogP) is 8.98. The van der Waals surface area contributed by atoms with E-state index in [0.717, 1.165) is 55.2 Å². The number of anilines is 1. The number of benzene rings is 3. The number of ether oxygens (including phenoxy) is 1. The number of carbonyl (C=O) groups is 1. The van der Waals surface area contributed by atoms with Crippen LogP contribution in [0.4, 0.5) is 10.5 Å². The van der Waals surface area contributed by atoms with Crippen LogP contribution in [-0.2, 0) is 4.74 Å². The molecule has 3 aromatic carbocycles. The third kappa shape index (κ3) is 9.67. The van der Waals surface area contributed by atoms with E-state index >= 15 is 0 Å². The Morgan fingerprint density at radius 1 is 0.721 bits per heavy atom.